The molecule has 134 valence electrons. The molecule has 2 unspecified atom stereocenters. The number of benzene rings is 1. The number of rotatable bonds is 4. The summed E-state index contributed by atoms with van der Waals surface area (Å²) in [6.07, 6.45) is 2.05. The van der Waals surface area contributed by atoms with E-state index in [1.165, 1.54) is 0 Å². The van der Waals surface area contributed by atoms with Crippen LogP contribution in [0.25, 0.3) is 0 Å². The lowest BCUT2D eigenvalue weighted by molar-refractivity contribution is 0.0661. The van der Waals surface area contributed by atoms with Gasteiger partial charge in [0.25, 0.3) is 11.8 Å². The van der Waals surface area contributed by atoms with E-state index < -0.39 is 0 Å². The zero-order valence-electron chi connectivity index (χ0n) is 14.7. The molecule has 6 heteroatoms. The maximum atomic E-state index is 12.7. The molecule has 1 saturated heterocycles. The van der Waals surface area contributed by atoms with E-state index in [0.717, 1.165) is 19.4 Å². The summed E-state index contributed by atoms with van der Waals surface area (Å²) in [5.41, 5.74) is 7.12. The maximum Gasteiger partial charge on any atom is 0.253 e. The van der Waals surface area contributed by atoms with E-state index in [2.05, 4.69) is 0 Å². The van der Waals surface area contributed by atoms with Crippen LogP contribution >= 0.6 is 12.4 Å². The minimum absolute atomic E-state index is 0. The van der Waals surface area contributed by atoms with Crippen molar-refractivity contribution in [2.45, 2.75) is 32.7 Å². The third-order valence-corrected chi connectivity index (χ3v) is 4.67. The van der Waals surface area contributed by atoms with Gasteiger partial charge in [0, 0.05) is 43.9 Å². The van der Waals surface area contributed by atoms with E-state index in [-0.39, 0.29) is 30.3 Å². The Kier molecular flexibility index (Phi) is 7.70. The fourth-order valence-corrected chi connectivity index (χ4v) is 2.96. The van der Waals surface area contributed by atoms with Crippen molar-refractivity contribution in [1.82, 2.24) is 9.80 Å². The van der Waals surface area contributed by atoms with E-state index >= 15 is 0 Å². The maximum absolute atomic E-state index is 12.7. The van der Waals surface area contributed by atoms with Crippen LogP contribution in [0, 0.1) is 5.92 Å². The Morgan fingerprint density at radius 2 is 2.04 bits per heavy atom. The molecule has 1 aliphatic heterocycles. The molecule has 1 aromatic rings. The average Bonchev–Trinajstić information content (AvgIpc) is 2.59. The van der Waals surface area contributed by atoms with E-state index in [1.807, 2.05) is 18.7 Å². The van der Waals surface area contributed by atoms with Crippen molar-refractivity contribution in [1.29, 1.82) is 0 Å². The van der Waals surface area contributed by atoms with Gasteiger partial charge in [0.1, 0.15) is 0 Å². The SMILES string of the molecule is CCN(C)C(=O)c1cccc(C(=O)N2CCCC(C(C)N)C2)c1.Cl. The molecule has 0 aromatic heterocycles. The summed E-state index contributed by atoms with van der Waals surface area (Å²) < 4.78 is 0. The number of amides is 2. The van der Waals surface area contributed by atoms with Gasteiger partial charge in [-0.05, 0) is 50.8 Å². The number of nitrogens with zero attached hydrogens (tertiary/aromatic N) is 2. The van der Waals surface area contributed by atoms with Crippen molar-refractivity contribution in [2.24, 2.45) is 11.7 Å². The number of piperidine rings is 1. The van der Waals surface area contributed by atoms with Crippen LogP contribution in [0.2, 0.25) is 0 Å². The van der Waals surface area contributed by atoms with Gasteiger partial charge in [-0.3, -0.25) is 9.59 Å². The molecule has 0 saturated carbocycles. The second-order valence-electron chi connectivity index (χ2n) is 6.41. The molecule has 2 amide bonds. The van der Waals surface area contributed by atoms with Crippen molar-refractivity contribution >= 4 is 24.2 Å². The second kappa shape index (κ2) is 9.04. The van der Waals surface area contributed by atoms with Crippen LogP contribution in [0.1, 0.15) is 47.4 Å². The fraction of sp³-hybridized carbons (Fsp3) is 0.556. The highest BCUT2D eigenvalue weighted by Crippen LogP contribution is 2.21. The lowest BCUT2D eigenvalue weighted by Gasteiger charge is -2.34. The van der Waals surface area contributed by atoms with Gasteiger partial charge in [-0.2, -0.15) is 0 Å². The van der Waals surface area contributed by atoms with Gasteiger partial charge in [-0.1, -0.05) is 6.07 Å². The molecular weight excluding hydrogens is 326 g/mol. The molecule has 1 aliphatic rings. The summed E-state index contributed by atoms with van der Waals surface area (Å²) >= 11 is 0. The molecule has 0 bridgehead atoms. The van der Waals surface area contributed by atoms with E-state index in [1.54, 1.807) is 36.2 Å². The summed E-state index contributed by atoms with van der Waals surface area (Å²) in [5, 5.41) is 0. The molecule has 5 nitrogen and oxygen atoms in total. The lowest BCUT2D eigenvalue weighted by Crippen LogP contribution is -2.45. The van der Waals surface area contributed by atoms with Crippen molar-refractivity contribution < 1.29 is 9.59 Å². The number of likely N-dealkylation sites (tertiary alicyclic amines) is 1. The summed E-state index contributed by atoms with van der Waals surface area (Å²) in [4.78, 5) is 28.5. The first-order valence-electron chi connectivity index (χ1n) is 8.34. The largest absolute Gasteiger partial charge is 0.342 e. The Balaban J connectivity index is 0.00000288. The molecular formula is C18H28ClN3O2. The van der Waals surface area contributed by atoms with Crippen LogP contribution in [0.4, 0.5) is 0 Å². The highest BCUT2D eigenvalue weighted by Gasteiger charge is 2.26. The summed E-state index contributed by atoms with van der Waals surface area (Å²) in [5.74, 6) is 0.280. The number of halogens is 1. The minimum Gasteiger partial charge on any atom is -0.342 e. The zero-order chi connectivity index (χ0) is 17.0. The standard InChI is InChI=1S/C18H27N3O2.ClH/c1-4-20(3)17(22)14-7-5-8-15(11-14)18(23)21-10-6-9-16(12-21)13(2)19;/h5,7-8,11,13,16H,4,6,9-10,12,19H2,1-3H3;1H. The first-order chi connectivity index (χ1) is 10.9. The Morgan fingerprint density at radius 3 is 2.67 bits per heavy atom. The van der Waals surface area contributed by atoms with Gasteiger partial charge in [-0.15, -0.1) is 12.4 Å². The van der Waals surface area contributed by atoms with Crippen LogP contribution in [0.5, 0.6) is 0 Å². The van der Waals surface area contributed by atoms with Crippen molar-refractivity contribution in [3.05, 3.63) is 35.4 Å². The van der Waals surface area contributed by atoms with Crippen LogP contribution in [-0.4, -0.2) is 54.3 Å². The first-order valence-corrected chi connectivity index (χ1v) is 8.34. The smallest absolute Gasteiger partial charge is 0.253 e. The van der Waals surface area contributed by atoms with Crippen molar-refractivity contribution in [3.63, 3.8) is 0 Å². The van der Waals surface area contributed by atoms with Gasteiger partial charge >= 0.3 is 0 Å². The number of hydrogen-bond donors (Lipinski definition) is 1. The second-order valence-corrected chi connectivity index (χ2v) is 6.41. The normalized spacial score (nSPS) is 18.5. The molecule has 0 aliphatic carbocycles. The Hall–Kier alpha value is -1.59. The third-order valence-electron chi connectivity index (χ3n) is 4.67. The quantitative estimate of drug-likeness (QED) is 0.903. The number of carbonyl (C=O) groups is 2. The molecule has 1 aromatic carbocycles. The Labute approximate surface area is 150 Å². The van der Waals surface area contributed by atoms with Crippen LogP contribution in [-0.2, 0) is 0 Å². The monoisotopic (exact) mass is 353 g/mol. The number of carbonyl (C=O) groups excluding carboxylic acids is 2. The van der Waals surface area contributed by atoms with E-state index in [0.29, 0.717) is 30.1 Å². The summed E-state index contributed by atoms with van der Waals surface area (Å²) in [6.45, 7) is 6.02. The van der Waals surface area contributed by atoms with Crippen LogP contribution < -0.4 is 5.73 Å². The minimum atomic E-state index is -0.0609. The molecule has 2 atom stereocenters. The van der Waals surface area contributed by atoms with Gasteiger partial charge in [0.05, 0.1) is 0 Å². The Bertz CT molecular complexity index is 577. The number of nitrogens with two attached hydrogens (primary N) is 1. The molecule has 24 heavy (non-hydrogen) atoms. The lowest BCUT2D eigenvalue weighted by atomic mass is 9.92. The number of hydrogen-bond acceptors (Lipinski definition) is 3. The van der Waals surface area contributed by atoms with Gasteiger partial charge in [-0.25, -0.2) is 0 Å². The molecule has 0 spiro atoms. The highest BCUT2D eigenvalue weighted by atomic mass is 35.5. The zero-order valence-corrected chi connectivity index (χ0v) is 15.5. The summed E-state index contributed by atoms with van der Waals surface area (Å²) in [6, 6.07) is 7.10. The molecule has 0 radical (unpaired) electrons. The third kappa shape index (κ3) is 4.71. The van der Waals surface area contributed by atoms with Crippen LogP contribution in [0.3, 0.4) is 0 Å². The first kappa shape index (κ1) is 20.5. The van der Waals surface area contributed by atoms with Gasteiger partial charge < -0.3 is 15.5 Å². The van der Waals surface area contributed by atoms with Crippen molar-refractivity contribution in [3.8, 4) is 0 Å². The summed E-state index contributed by atoms with van der Waals surface area (Å²) in [7, 11) is 1.76. The molecule has 2 rings (SSSR count). The van der Waals surface area contributed by atoms with Crippen molar-refractivity contribution in [2.75, 3.05) is 26.7 Å². The van der Waals surface area contributed by atoms with E-state index in [9.17, 15) is 9.59 Å². The highest BCUT2D eigenvalue weighted by molar-refractivity contribution is 5.99. The average molecular weight is 354 g/mol. The van der Waals surface area contributed by atoms with Gasteiger partial charge in [0.2, 0.25) is 0 Å². The fourth-order valence-electron chi connectivity index (χ4n) is 2.96. The molecule has 1 heterocycles. The molecule has 2 N–H and O–H groups in total. The predicted molar refractivity (Wildman–Crippen MR) is 98.6 cm³/mol. The topological polar surface area (TPSA) is 66.6 Å². The van der Waals surface area contributed by atoms with Crippen LogP contribution in [0.15, 0.2) is 24.3 Å². The Morgan fingerprint density at radius 1 is 1.38 bits per heavy atom. The van der Waals surface area contributed by atoms with E-state index in [4.69, 9.17) is 5.73 Å². The molecule has 1 fully saturated rings. The van der Waals surface area contributed by atoms with Gasteiger partial charge in [0.15, 0.2) is 0 Å². The predicted octanol–water partition coefficient (Wildman–Crippen LogP) is 2.40.